The van der Waals surface area contributed by atoms with E-state index in [1.807, 2.05) is 6.92 Å². The zero-order valence-corrected chi connectivity index (χ0v) is 11.0. The second-order valence-electron chi connectivity index (χ2n) is 4.47. The lowest BCUT2D eigenvalue weighted by atomic mass is 10.1. The van der Waals surface area contributed by atoms with Crippen molar-refractivity contribution in [3.05, 3.63) is 59.2 Å². The molecule has 0 heterocycles. The lowest BCUT2D eigenvalue weighted by molar-refractivity contribution is 0.0998. The van der Waals surface area contributed by atoms with Gasteiger partial charge in [-0.3, -0.25) is 9.59 Å². The number of rotatable bonds is 3. The summed E-state index contributed by atoms with van der Waals surface area (Å²) in [4.78, 5) is 23.1. The number of carbonyl (C=O) groups excluding carboxylic acids is 2. The molecular weight excluding hydrogens is 254 g/mol. The number of amides is 2. The number of aryl methyl sites for hydroxylation is 1. The van der Waals surface area contributed by atoms with E-state index in [0.29, 0.717) is 22.5 Å². The molecule has 0 aliphatic carbocycles. The number of nitrogens with one attached hydrogen (secondary N) is 1. The van der Waals surface area contributed by atoms with Crippen LogP contribution in [0, 0.1) is 6.92 Å². The number of benzene rings is 2. The summed E-state index contributed by atoms with van der Waals surface area (Å²) >= 11 is 0. The van der Waals surface area contributed by atoms with Crippen molar-refractivity contribution in [1.82, 2.24) is 0 Å². The molecule has 0 spiro atoms. The molecule has 0 aliphatic rings. The molecule has 102 valence electrons. The fourth-order valence-corrected chi connectivity index (χ4v) is 1.80. The van der Waals surface area contributed by atoms with Crippen molar-refractivity contribution in [2.75, 3.05) is 11.1 Å². The molecular formula is C15H15N3O2. The first kappa shape index (κ1) is 13.6. The topological polar surface area (TPSA) is 98.2 Å². The standard InChI is InChI=1S/C15H15N3O2/c1-9-2-5-11(16)8-13(9)15(20)18-12-6-3-10(4-7-12)14(17)19/h2-8H,16H2,1H3,(H2,17,19)(H,18,20). The molecule has 0 aromatic heterocycles. The second kappa shape index (κ2) is 5.44. The Hall–Kier alpha value is -2.82. The number of nitrogen functional groups attached to an aromatic ring is 1. The SMILES string of the molecule is Cc1ccc(N)cc1C(=O)Nc1ccc(C(N)=O)cc1. The van der Waals surface area contributed by atoms with Crippen LogP contribution < -0.4 is 16.8 Å². The first-order chi connectivity index (χ1) is 9.47. The van der Waals surface area contributed by atoms with E-state index in [0.717, 1.165) is 5.56 Å². The van der Waals surface area contributed by atoms with Crippen LogP contribution in [0.3, 0.4) is 0 Å². The first-order valence-corrected chi connectivity index (χ1v) is 6.04. The van der Waals surface area contributed by atoms with Gasteiger partial charge in [0.25, 0.3) is 5.91 Å². The minimum Gasteiger partial charge on any atom is -0.399 e. The first-order valence-electron chi connectivity index (χ1n) is 6.04. The summed E-state index contributed by atoms with van der Waals surface area (Å²) in [6, 6.07) is 11.5. The van der Waals surface area contributed by atoms with Crippen LogP contribution in [0.1, 0.15) is 26.3 Å². The van der Waals surface area contributed by atoms with E-state index in [1.54, 1.807) is 42.5 Å². The quantitative estimate of drug-likeness (QED) is 0.742. The molecule has 5 heteroatoms. The number of nitrogens with two attached hydrogens (primary N) is 2. The Morgan fingerprint density at radius 1 is 1.05 bits per heavy atom. The van der Waals surface area contributed by atoms with Gasteiger partial charge in [0, 0.05) is 22.5 Å². The maximum atomic E-state index is 12.1. The minimum atomic E-state index is -0.505. The van der Waals surface area contributed by atoms with Gasteiger partial charge in [0.1, 0.15) is 0 Å². The molecule has 5 N–H and O–H groups in total. The highest BCUT2D eigenvalue weighted by atomic mass is 16.2. The van der Waals surface area contributed by atoms with Crippen LogP contribution in [-0.2, 0) is 0 Å². The van der Waals surface area contributed by atoms with Crippen LogP contribution in [-0.4, -0.2) is 11.8 Å². The molecule has 0 fully saturated rings. The van der Waals surface area contributed by atoms with Gasteiger partial charge < -0.3 is 16.8 Å². The van der Waals surface area contributed by atoms with Crippen LogP contribution in [0.5, 0.6) is 0 Å². The molecule has 0 unspecified atom stereocenters. The Kier molecular flexibility index (Phi) is 3.70. The van der Waals surface area contributed by atoms with Gasteiger partial charge in [-0.2, -0.15) is 0 Å². The smallest absolute Gasteiger partial charge is 0.256 e. The fourth-order valence-electron chi connectivity index (χ4n) is 1.80. The summed E-state index contributed by atoms with van der Waals surface area (Å²) in [6.07, 6.45) is 0. The van der Waals surface area contributed by atoms with Gasteiger partial charge in [0.15, 0.2) is 0 Å². The summed E-state index contributed by atoms with van der Waals surface area (Å²) < 4.78 is 0. The molecule has 2 amide bonds. The molecule has 20 heavy (non-hydrogen) atoms. The number of primary amides is 1. The van der Waals surface area contributed by atoms with Crippen molar-refractivity contribution in [2.45, 2.75) is 6.92 Å². The van der Waals surface area contributed by atoms with E-state index in [4.69, 9.17) is 11.5 Å². The molecule has 0 saturated heterocycles. The van der Waals surface area contributed by atoms with Gasteiger partial charge in [-0.15, -0.1) is 0 Å². The van der Waals surface area contributed by atoms with Gasteiger partial charge >= 0.3 is 0 Å². The van der Waals surface area contributed by atoms with Crippen LogP contribution in [0.2, 0.25) is 0 Å². The van der Waals surface area contributed by atoms with Gasteiger partial charge in [-0.25, -0.2) is 0 Å². The van der Waals surface area contributed by atoms with Crippen LogP contribution in [0.15, 0.2) is 42.5 Å². The van der Waals surface area contributed by atoms with Gasteiger partial charge in [0.05, 0.1) is 0 Å². The van der Waals surface area contributed by atoms with Crippen molar-refractivity contribution in [1.29, 1.82) is 0 Å². The number of carbonyl (C=O) groups is 2. The van der Waals surface area contributed by atoms with Crippen molar-refractivity contribution in [3.8, 4) is 0 Å². The van der Waals surface area contributed by atoms with Crippen LogP contribution in [0.25, 0.3) is 0 Å². The Bertz CT molecular complexity index is 663. The predicted molar refractivity (Wildman–Crippen MR) is 78.5 cm³/mol. The normalized spacial score (nSPS) is 10.1. The van der Waals surface area contributed by atoms with Crippen molar-refractivity contribution in [2.24, 2.45) is 5.73 Å². The van der Waals surface area contributed by atoms with E-state index < -0.39 is 5.91 Å². The lowest BCUT2D eigenvalue weighted by Crippen LogP contribution is -2.14. The Morgan fingerprint density at radius 2 is 1.70 bits per heavy atom. The average molecular weight is 269 g/mol. The molecule has 5 nitrogen and oxygen atoms in total. The number of anilines is 2. The lowest BCUT2D eigenvalue weighted by Gasteiger charge is -2.08. The third-order valence-corrected chi connectivity index (χ3v) is 2.93. The Labute approximate surface area is 116 Å². The number of hydrogen-bond donors (Lipinski definition) is 3. The maximum Gasteiger partial charge on any atom is 0.256 e. The average Bonchev–Trinajstić information content (AvgIpc) is 2.42. The highest BCUT2D eigenvalue weighted by Gasteiger charge is 2.10. The predicted octanol–water partition coefficient (Wildman–Crippen LogP) is 1.93. The van der Waals surface area contributed by atoms with E-state index in [9.17, 15) is 9.59 Å². The molecule has 0 radical (unpaired) electrons. The van der Waals surface area contributed by atoms with Crippen molar-refractivity contribution < 1.29 is 9.59 Å². The summed E-state index contributed by atoms with van der Waals surface area (Å²) in [5.41, 5.74) is 13.7. The Morgan fingerprint density at radius 3 is 2.30 bits per heavy atom. The van der Waals surface area contributed by atoms with Crippen molar-refractivity contribution in [3.63, 3.8) is 0 Å². The second-order valence-corrected chi connectivity index (χ2v) is 4.47. The largest absolute Gasteiger partial charge is 0.399 e. The summed E-state index contributed by atoms with van der Waals surface area (Å²) in [7, 11) is 0. The van der Waals surface area contributed by atoms with E-state index in [1.165, 1.54) is 0 Å². The van der Waals surface area contributed by atoms with Gasteiger partial charge in [-0.1, -0.05) is 6.07 Å². The van der Waals surface area contributed by atoms with E-state index in [-0.39, 0.29) is 5.91 Å². The zero-order valence-electron chi connectivity index (χ0n) is 11.0. The zero-order chi connectivity index (χ0) is 14.7. The summed E-state index contributed by atoms with van der Waals surface area (Å²) in [6.45, 7) is 1.84. The molecule has 2 aromatic carbocycles. The van der Waals surface area contributed by atoms with Crippen molar-refractivity contribution >= 4 is 23.2 Å². The molecule has 2 aromatic rings. The van der Waals surface area contributed by atoms with E-state index >= 15 is 0 Å². The monoisotopic (exact) mass is 269 g/mol. The third-order valence-electron chi connectivity index (χ3n) is 2.93. The summed E-state index contributed by atoms with van der Waals surface area (Å²) in [5.74, 6) is -0.754. The van der Waals surface area contributed by atoms with Gasteiger partial charge in [-0.05, 0) is 48.9 Å². The molecule has 0 aliphatic heterocycles. The van der Waals surface area contributed by atoms with Gasteiger partial charge in [0.2, 0.25) is 5.91 Å². The molecule has 0 saturated carbocycles. The molecule has 0 atom stereocenters. The van der Waals surface area contributed by atoms with Crippen LogP contribution >= 0.6 is 0 Å². The number of hydrogen-bond acceptors (Lipinski definition) is 3. The fraction of sp³-hybridized carbons (Fsp3) is 0.0667. The molecule has 2 rings (SSSR count). The van der Waals surface area contributed by atoms with Crippen LogP contribution in [0.4, 0.5) is 11.4 Å². The highest BCUT2D eigenvalue weighted by molar-refractivity contribution is 6.06. The minimum absolute atomic E-state index is 0.248. The third kappa shape index (κ3) is 2.95. The molecule has 0 bridgehead atoms. The van der Waals surface area contributed by atoms with E-state index in [2.05, 4.69) is 5.32 Å². The highest BCUT2D eigenvalue weighted by Crippen LogP contribution is 2.16. The summed E-state index contributed by atoms with van der Waals surface area (Å²) in [5, 5.41) is 2.75. The Balaban J connectivity index is 2.19. The maximum absolute atomic E-state index is 12.1.